The molecule has 0 bridgehead atoms. The summed E-state index contributed by atoms with van der Waals surface area (Å²) in [6, 6.07) is 18.9. The first-order chi connectivity index (χ1) is 24.3. The summed E-state index contributed by atoms with van der Waals surface area (Å²) in [6.07, 6.45) is 3.13. The number of carboxylic acids is 1. The minimum atomic E-state index is -1.28. The van der Waals surface area contributed by atoms with Gasteiger partial charge in [0, 0.05) is 42.4 Å². The highest BCUT2D eigenvalue weighted by molar-refractivity contribution is 7.17. The number of carbonyl (C=O) groups is 4. The zero-order valence-electron chi connectivity index (χ0n) is 26.9. The minimum absolute atomic E-state index is 0.0315. The standard InChI is InChI=1S/C36H36N6O7S/c43-33(18-37-16-23-10-11-30-31(13-23)49-21-48-30)40-28(14-24-19-50-32-9-5-4-8-26(24)32)35(45)41-27(12-22-6-2-1-3-7-22)34(44)42-29(36(46)47)15-25-17-38-20-39-25/h1-11,13,17,19-20,27-29,37H,12,14-16,18,21H2,(H,38,39)(H,40,43)(H,41,45)(H,42,44)(H,46,47)/t27-,28+,29+/m1/s1. The summed E-state index contributed by atoms with van der Waals surface area (Å²) in [5.74, 6) is -1.61. The second kappa shape index (κ2) is 16.1. The summed E-state index contributed by atoms with van der Waals surface area (Å²) >= 11 is 1.54. The number of rotatable bonds is 16. The number of hydrogen-bond donors (Lipinski definition) is 6. The smallest absolute Gasteiger partial charge is 0.326 e. The number of aliphatic carboxylic acids is 1. The highest BCUT2D eigenvalue weighted by Gasteiger charge is 2.31. The molecule has 0 radical (unpaired) electrons. The molecule has 5 aromatic rings. The van der Waals surface area contributed by atoms with Gasteiger partial charge in [-0.2, -0.15) is 0 Å². The average Bonchev–Trinajstić information content (AvgIpc) is 3.90. The molecule has 0 spiro atoms. The maximum Gasteiger partial charge on any atom is 0.326 e. The number of carbonyl (C=O) groups excluding carboxylic acids is 3. The number of nitrogens with one attached hydrogen (secondary N) is 5. The fourth-order valence-electron chi connectivity index (χ4n) is 5.66. The van der Waals surface area contributed by atoms with Crippen LogP contribution in [0.1, 0.15) is 22.4 Å². The third-order valence-corrected chi connectivity index (χ3v) is 9.21. The van der Waals surface area contributed by atoms with Gasteiger partial charge < -0.3 is 40.8 Å². The van der Waals surface area contributed by atoms with E-state index in [2.05, 4.69) is 31.2 Å². The number of ether oxygens (including phenoxy) is 2. The molecule has 0 aliphatic carbocycles. The lowest BCUT2D eigenvalue weighted by molar-refractivity contribution is -0.142. The molecule has 0 unspecified atom stereocenters. The number of hydrogen-bond acceptors (Lipinski definition) is 9. The Morgan fingerprint density at radius 2 is 1.56 bits per heavy atom. The number of aromatic nitrogens is 2. The second-order valence-electron chi connectivity index (χ2n) is 11.8. The molecule has 2 aromatic heterocycles. The summed E-state index contributed by atoms with van der Waals surface area (Å²) in [5.41, 5.74) is 3.04. The van der Waals surface area contributed by atoms with E-state index in [0.29, 0.717) is 23.7 Å². The Kier molecular flexibility index (Phi) is 11.0. The van der Waals surface area contributed by atoms with Crippen molar-refractivity contribution >= 4 is 45.1 Å². The van der Waals surface area contributed by atoms with Crippen LogP contribution in [-0.4, -0.2) is 70.2 Å². The molecule has 3 heterocycles. The van der Waals surface area contributed by atoms with Crippen LogP contribution >= 0.6 is 11.3 Å². The molecule has 1 aliphatic rings. The van der Waals surface area contributed by atoms with E-state index < -0.39 is 41.8 Å². The van der Waals surface area contributed by atoms with E-state index in [1.165, 1.54) is 23.9 Å². The molecule has 3 amide bonds. The maximum atomic E-state index is 14.0. The SMILES string of the molecule is O=C(CNCc1ccc2c(c1)OCO2)N[C@@H](Cc1csc2ccccc12)C(=O)N[C@H](Cc1ccccc1)C(=O)N[C@@H](Cc1cnc[nH]1)C(=O)O. The van der Waals surface area contributed by atoms with Crippen molar-refractivity contribution in [1.82, 2.24) is 31.2 Å². The van der Waals surface area contributed by atoms with Crippen molar-refractivity contribution in [3.63, 3.8) is 0 Å². The van der Waals surface area contributed by atoms with Crippen molar-refractivity contribution in [2.24, 2.45) is 0 Å². The number of carboxylic acid groups (broad SMARTS) is 1. The molecule has 0 saturated heterocycles. The first-order valence-corrected chi connectivity index (χ1v) is 16.9. The lowest BCUT2D eigenvalue weighted by atomic mass is 10.0. The normalized spacial score (nSPS) is 13.7. The maximum absolute atomic E-state index is 14.0. The zero-order chi connectivity index (χ0) is 34.9. The summed E-state index contributed by atoms with van der Waals surface area (Å²) in [7, 11) is 0. The molecule has 3 aromatic carbocycles. The van der Waals surface area contributed by atoms with E-state index in [1.807, 2.05) is 78.2 Å². The molecule has 6 rings (SSSR count). The predicted molar refractivity (Wildman–Crippen MR) is 186 cm³/mol. The molecular formula is C36H36N6O7S. The van der Waals surface area contributed by atoms with E-state index in [9.17, 15) is 24.3 Å². The summed E-state index contributed by atoms with van der Waals surface area (Å²) in [5, 5.41) is 24.1. The first-order valence-electron chi connectivity index (χ1n) is 16.0. The lowest BCUT2D eigenvalue weighted by Crippen LogP contribution is -2.57. The summed E-state index contributed by atoms with van der Waals surface area (Å²) in [4.78, 5) is 59.9. The number of thiophene rings is 1. The van der Waals surface area contributed by atoms with Crippen LogP contribution in [0.2, 0.25) is 0 Å². The molecule has 258 valence electrons. The van der Waals surface area contributed by atoms with Crippen molar-refractivity contribution in [2.45, 2.75) is 43.9 Å². The Balaban J connectivity index is 1.18. The topological polar surface area (TPSA) is 184 Å². The van der Waals surface area contributed by atoms with Crippen molar-refractivity contribution in [1.29, 1.82) is 0 Å². The molecule has 50 heavy (non-hydrogen) atoms. The first kappa shape index (κ1) is 34.1. The molecule has 0 saturated carbocycles. The highest BCUT2D eigenvalue weighted by Crippen LogP contribution is 2.32. The van der Waals surface area contributed by atoms with Gasteiger partial charge in [-0.1, -0.05) is 54.6 Å². The third-order valence-electron chi connectivity index (χ3n) is 8.20. The van der Waals surface area contributed by atoms with E-state index in [-0.39, 0.29) is 32.6 Å². The van der Waals surface area contributed by atoms with Gasteiger partial charge in [-0.05, 0) is 45.7 Å². The minimum Gasteiger partial charge on any atom is -0.480 e. The summed E-state index contributed by atoms with van der Waals surface area (Å²) in [6.45, 7) is 0.458. The monoisotopic (exact) mass is 696 g/mol. The van der Waals surface area contributed by atoms with Crippen molar-refractivity contribution in [3.05, 3.63) is 113 Å². The van der Waals surface area contributed by atoms with Gasteiger partial charge in [0.1, 0.15) is 18.1 Å². The summed E-state index contributed by atoms with van der Waals surface area (Å²) < 4.78 is 11.8. The van der Waals surface area contributed by atoms with Crippen LogP contribution in [0.15, 0.2) is 90.7 Å². The van der Waals surface area contributed by atoms with Gasteiger partial charge in [-0.15, -0.1) is 11.3 Å². The van der Waals surface area contributed by atoms with Crippen LogP contribution in [0.25, 0.3) is 10.1 Å². The van der Waals surface area contributed by atoms with Crippen LogP contribution < -0.4 is 30.7 Å². The number of amides is 3. The van der Waals surface area contributed by atoms with Crippen molar-refractivity contribution < 1.29 is 33.8 Å². The Hall–Kier alpha value is -5.73. The third kappa shape index (κ3) is 8.84. The van der Waals surface area contributed by atoms with Crippen LogP contribution in [0.3, 0.4) is 0 Å². The van der Waals surface area contributed by atoms with E-state index >= 15 is 0 Å². The fourth-order valence-corrected chi connectivity index (χ4v) is 6.63. The molecule has 3 atom stereocenters. The largest absolute Gasteiger partial charge is 0.480 e. The Morgan fingerprint density at radius 3 is 2.34 bits per heavy atom. The number of fused-ring (bicyclic) bond motifs is 2. The number of aromatic amines is 1. The average molecular weight is 697 g/mol. The van der Waals surface area contributed by atoms with Gasteiger partial charge >= 0.3 is 5.97 Å². The quantitative estimate of drug-likeness (QED) is 0.0903. The molecule has 13 nitrogen and oxygen atoms in total. The van der Waals surface area contributed by atoms with Gasteiger partial charge in [0.25, 0.3) is 0 Å². The number of benzene rings is 3. The lowest BCUT2D eigenvalue weighted by Gasteiger charge is -2.25. The highest BCUT2D eigenvalue weighted by atomic mass is 32.1. The Morgan fingerprint density at radius 1 is 0.820 bits per heavy atom. The molecule has 1 aliphatic heterocycles. The predicted octanol–water partition coefficient (Wildman–Crippen LogP) is 2.71. The van der Waals surface area contributed by atoms with E-state index in [1.54, 1.807) is 0 Å². The molecule has 6 N–H and O–H groups in total. The van der Waals surface area contributed by atoms with E-state index in [0.717, 1.165) is 26.8 Å². The fraction of sp³-hybridized carbons (Fsp3) is 0.250. The van der Waals surface area contributed by atoms with Crippen LogP contribution in [0.4, 0.5) is 0 Å². The van der Waals surface area contributed by atoms with E-state index in [4.69, 9.17) is 9.47 Å². The van der Waals surface area contributed by atoms with Gasteiger partial charge in [0.2, 0.25) is 24.5 Å². The molecule has 0 fully saturated rings. The van der Waals surface area contributed by atoms with Gasteiger partial charge in [-0.3, -0.25) is 14.4 Å². The van der Waals surface area contributed by atoms with Crippen LogP contribution in [-0.2, 0) is 45.0 Å². The van der Waals surface area contributed by atoms with Gasteiger partial charge in [0.05, 0.1) is 12.9 Å². The molecular weight excluding hydrogens is 660 g/mol. The number of imidazole rings is 1. The number of H-pyrrole nitrogens is 1. The van der Waals surface area contributed by atoms with Gasteiger partial charge in [0.15, 0.2) is 11.5 Å². The van der Waals surface area contributed by atoms with Crippen molar-refractivity contribution in [3.8, 4) is 11.5 Å². The Labute approximate surface area is 291 Å². The van der Waals surface area contributed by atoms with Crippen LogP contribution in [0.5, 0.6) is 11.5 Å². The molecule has 14 heteroatoms. The zero-order valence-corrected chi connectivity index (χ0v) is 27.7. The van der Waals surface area contributed by atoms with Crippen molar-refractivity contribution in [2.75, 3.05) is 13.3 Å². The van der Waals surface area contributed by atoms with Gasteiger partial charge in [-0.25, -0.2) is 9.78 Å². The second-order valence-corrected chi connectivity index (χ2v) is 12.7. The van der Waals surface area contributed by atoms with Crippen LogP contribution in [0, 0.1) is 0 Å². The number of nitrogens with zero attached hydrogens (tertiary/aromatic N) is 1. The Bertz CT molecular complexity index is 1950.